The Kier molecular flexibility index (Phi) is 4.21. The minimum atomic E-state index is -0.474. The molecule has 1 aromatic rings. The van der Waals surface area contributed by atoms with E-state index in [4.69, 9.17) is 4.74 Å². The first kappa shape index (κ1) is 9.95. The van der Waals surface area contributed by atoms with Crippen molar-refractivity contribution in [1.82, 2.24) is 4.98 Å². The van der Waals surface area contributed by atoms with Crippen LogP contribution in [0.15, 0.2) is 24.5 Å². The van der Waals surface area contributed by atoms with Gasteiger partial charge in [-0.15, -0.1) is 0 Å². The van der Waals surface area contributed by atoms with Gasteiger partial charge in [-0.05, 0) is 12.1 Å². The summed E-state index contributed by atoms with van der Waals surface area (Å²) in [6.45, 7) is 0.829. The Labute approximate surface area is 77.6 Å². The Balaban J connectivity index is 2.27. The lowest BCUT2D eigenvalue weighted by atomic mass is 10.3. The standard InChI is InChI=1S/C9H14N2O2/c1-13-7-9(12)6-11-8-2-4-10-5-3-8/h2-5,9,12H,6-7H2,1H3,(H,10,11). The Morgan fingerprint density at radius 2 is 2.23 bits per heavy atom. The van der Waals surface area contributed by atoms with Crippen LogP contribution in [-0.4, -0.2) is 36.5 Å². The highest BCUT2D eigenvalue weighted by Gasteiger charge is 2.01. The van der Waals surface area contributed by atoms with Gasteiger partial charge in [-0.25, -0.2) is 0 Å². The maximum absolute atomic E-state index is 9.31. The van der Waals surface area contributed by atoms with Gasteiger partial charge >= 0.3 is 0 Å². The molecule has 1 heterocycles. The summed E-state index contributed by atoms with van der Waals surface area (Å²) >= 11 is 0. The number of hydrogen-bond donors (Lipinski definition) is 2. The van der Waals surface area contributed by atoms with Crippen molar-refractivity contribution in [3.8, 4) is 0 Å². The molecule has 1 rings (SSSR count). The van der Waals surface area contributed by atoms with E-state index in [0.29, 0.717) is 13.2 Å². The Morgan fingerprint density at radius 3 is 2.85 bits per heavy atom. The number of methoxy groups -OCH3 is 1. The molecule has 72 valence electrons. The van der Waals surface area contributed by atoms with Gasteiger partial charge in [-0.3, -0.25) is 4.98 Å². The van der Waals surface area contributed by atoms with Crippen molar-refractivity contribution in [3.63, 3.8) is 0 Å². The van der Waals surface area contributed by atoms with E-state index >= 15 is 0 Å². The summed E-state index contributed by atoms with van der Waals surface area (Å²) in [5.41, 5.74) is 0.949. The van der Waals surface area contributed by atoms with Gasteiger partial charge in [-0.2, -0.15) is 0 Å². The van der Waals surface area contributed by atoms with Crippen molar-refractivity contribution in [2.24, 2.45) is 0 Å². The van der Waals surface area contributed by atoms with E-state index in [9.17, 15) is 5.11 Å². The second-order valence-electron chi connectivity index (χ2n) is 2.73. The van der Waals surface area contributed by atoms with E-state index in [-0.39, 0.29) is 0 Å². The third-order valence-electron chi connectivity index (χ3n) is 1.58. The van der Waals surface area contributed by atoms with Crippen LogP contribution in [0.3, 0.4) is 0 Å². The van der Waals surface area contributed by atoms with Gasteiger partial charge in [-0.1, -0.05) is 0 Å². The zero-order valence-electron chi connectivity index (χ0n) is 7.60. The quantitative estimate of drug-likeness (QED) is 0.696. The number of hydrogen-bond acceptors (Lipinski definition) is 4. The van der Waals surface area contributed by atoms with Crippen LogP contribution in [0.4, 0.5) is 5.69 Å². The minimum absolute atomic E-state index is 0.345. The molecule has 2 N–H and O–H groups in total. The third kappa shape index (κ3) is 3.87. The molecule has 4 nitrogen and oxygen atoms in total. The molecule has 0 bridgehead atoms. The average molecular weight is 182 g/mol. The summed E-state index contributed by atoms with van der Waals surface area (Å²) < 4.78 is 4.79. The van der Waals surface area contributed by atoms with Gasteiger partial charge in [0.2, 0.25) is 0 Å². The molecule has 0 aliphatic rings. The molecule has 0 spiro atoms. The van der Waals surface area contributed by atoms with Crippen molar-refractivity contribution in [2.75, 3.05) is 25.6 Å². The number of nitrogens with zero attached hydrogens (tertiary/aromatic N) is 1. The zero-order valence-corrected chi connectivity index (χ0v) is 7.60. The van der Waals surface area contributed by atoms with Crippen molar-refractivity contribution < 1.29 is 9.84 Å². The van der Waals surface area contributed by atoms with Crippen LogP contribution < -0.4 is 5.32 Å². The topological polar surface area (TPSA) is 54.4 Å². The number of aliphatic hydroxyl groups is 1. The molecule has 1 unspecified atom stereocenters. The first-order chi connectivity index (χ1) is 6.33. The maximum atomic E-state index is 9.31. The van der Waals surface area contributed by atoms with Crippen LogP contribution in [-0.2, 0) is 4.74 Å². The molecule has 0 amide bonds. The Morgan fingerprint density at radius 1 is 1.54 bits per heavy atom. The number of pyridine rings is 1. The smallest absolute Gasteiger partial charge is 0.0945 e. The fraction of sp³-hybridized carbons (Fsp3) is 0.444. The highest BCUT2D eigenvalue weighted by molar-refractivity contribution is 5.40. The Bertz CT molecular complexity index is 228. The molecule has 0 saturated heterocycles. The summed E-state index contributed by atoms with van der Waals surface area (Å²) in [6, 6.07) is 3.69. The summed E-state index contributed by atoms with van der Waals surface area (Å²) in [5, 5.41) is 12.4. The van der Waals surface area contributed by atoms with Crippen molar-refractivity contribution in [2.45, 2.75) is 6.10 Å². The molecule has 0 radical (unpaired) electrons. The summed E-state index contributed by atoms with van der Waals surface area (Å²) in [4.78, 5) is 3.88. The van der Waals surface area contributed by atoms with Crippen molar-refractivity contribution in [3.05, 3.63) is 24.5 Å². The largest absolute Gasteiger partial charge is 0.389 e. The van der Waals surface area contributed by atoms with Gasteiger partial charge < -0.3 is 15.2 Å². The Hall–Kier alpha value is -1.13. The molecular weight excluding hydrogens is 168 g/mol. The van der Waals surface area contributed by atoms with E-state index in [0.717, 1.165) is 5.69 Å². The lowest BCUT2D eigenvalue weighted by Crippen LogP contribution is -2.24. The summed E-state index contributed by atoms with van der Waals surface area (Å²) in [6.07, 6.45) is 2.92. The van der Waals surface area contributed by atoms with Crippen molar-refractivity contribution in [1.29, 1.82) is 0 Å². The van der Waals surface area contributed by atoms with Crippen LogP contribution in [0.5, 0.6) is 0 Å². The average Bonchev–Trinajstić information content (AvgIpc) is 2.17. The molecule has 0 aliphatic carbocycles. The van der Waals surface area contributed by atoms with Crippen molar-refractivity contribution >= 4 is 5.69 Å². The van der Waals surface area contributed by atoms with Crippen LogP contribution in [0, 0.1) is 0 Å². The molecule has 0 fully saturated rings. The third-order valence-corrected chi connectivity index (χ3v) is 1.58. The molecular formula is C9H14N2O2. The minimum Gasteiger partial charge on any atom is -0.389 e. The lowest BCUT2D eigenvalue weighted by molar-refractivity contribution is 0.0727. The van der Waals surface area contributed by atoms with Gasteiger partial charge in [0.25, 0.3) is 0 Å². The molecule has 1 atom stereocenters. The van der Waals surface area contributed by atoms with E-state index in [1.807, 2.05) is 12.1 Å². The summed E-state index contributed by atoms with van der Waals surface area (Å²) in [7, 11) is 1.57. The van der Waals surface area contributed by atoms with Crippen LogP contribution in [0.2, 0.25) is 0 Å². The number of ether oxygens (including phenoxy) is 1. The predicted molar refractivity (Wildman–Crippen MR) is 50.6 cm³/mol. The van der Waals surface area contributed by atoms with E-state index in [1.165, 1.54) is 0 Å². The number of anilines is 1. The van der Waals surface area contributed by atoms with E-state index < -0.39 is 6.10 Å². The second-order valence-corrected chi connectivity index (χ2v) is 2.73. The van der Waals surface area contributed by atoms with Crippen LogP contribution >= 0.6 is 0 Å². The maximum Gasteiger partial charge on any atom is 0.0945 e. The normalized spacial score (nSPS) is 12.5. The molecule has 1 aromatic heterocycles. The monoisotopic (exact) mass is 182 g/mol. The van der Waals surface area contributed by atoms with Crippen LogP contribution in [0.25, 0.3) is 0 Å². The molecule has 4 heteroatoms. The predicted octanol–water partition coefficient (Wildman–Crippen LogP) is 0.501. The zero-order chi connectivity index (χ0) is 9.52. The number of aromatic nitrogens is 1. The first-order valence-corrected chi connectivity index (χ1v) is 4.14. The van der Waals surface area contributed by atoms with Gasteiger partial charge in [0.1, 0.15) is 0 Å². The lowest BCUT2D eigenvalue weighted by Gasteiger charge is -2.11. The van der Waals surface area contributed by atoms with E-state index in [1.54, 1.807) is 19.5 Å². The second kappa shape index (κ2) is 5.50. The van der Waals surface area contributed by atoms with Crippen LogP contribution in [0.1, 0.15) is 0 Å². The molecule has 0 saturated carbocycles. The SMILES string of the molecule is COCC(O)CNc1ccncc1. The number of aliphatic hydroxyl groups excluding tert-OH is 1. The van der Waals surface area contributed by atoms with Gasteiger partial charge in [0, 0.05) is 31.7 Å². The number of rotatable bonds is 5. The fourth-order valence-electron chi connectivity index (χ4n) is 0.957. The highest BCUT2D eigenvalue weighted by atomic mass is 16.5. The molecule has 13 heavy (non-hydrogen) atoms. The molecule has 0 aliphatic heterocycles. The number of nitrogens with one attached hydrogen (secondary N) is 1. The molecule has 0 aromatic carbocycles. The first-order valence-electron chi connectivity index (χ1n) is 4.14. The van der Waals surface area contributed by atoms with Gasteiger partial charge in [0.15, 0.2) is 0 Å². The fourth-order valence-corrected chi connectivity index (χ4v) is 0.957. The van der Waals surface area contributed by atoms with E-state index in [2.05, 4.69) is 10.3 Å². The summed E-state index contributed by atoms with van der Waals surface area (Å²) in [5.74, 6) is 0. The van der Waals surface area contributed by atoms with Gasteiger partial charge in [0.05, 0.1) is 12.7 Å². The highest BCUT2D eigenvalue weighted by Crippen LogP contribution is 2.02.